The smallest absolute Gasteiger partial charge is 0.412 e. The van der Waals surface area contributed by atoms with Crippen LogP contribution in [0.15, 0.2) is 54.6 Å². The normalized spacial score (nSPS) is 21.5. The molecule has 1 unspecified atom stereocenters. The predicted octanol–water partition coefficient (Wildman–Crippen LogP) is 5.61. The number of unbranched alkanes of at least 4 members (excludes halogenated alkanes) is 1. The number of nitrogens with zero attached hydrogens (tertiary/aromatic N) is 2. The minimum atomic E-state index is -1.34. The van der Waals surface area contributed by atoms with Crippen LogP contribution in [-0.2, 0) is 4.74 Å². The molecular formula is C27H33ClF2N2O3. The molecule has 1 atom stereocenters. The van der Waals surface area contributed by atoms with Crippen LogP contribution in [0.25, 0.3) is 5.57 Å². The molecule has 2 saturated heterocycles. The van der Waals surface area contributed by atoms with E-state index in [0.29, 0.717) is 39.0 Å². The Bertz CT molecular complexity index is 986. The molecule has 1 N–H and O–H groups in total. The third-order valence-corrected chi connectivity index (χ3v) is 7.15. The molecule has 1 spiro atoms. The molecule has 35 heavy (non-hydrogen) atoms. The molecule has 5 nitrogen and oxygen atoms in total. The zero-order chi connectivity index (χ0) is 24.3. The third kappa shape index (κ3) is 5.52. The van der Waals surface area contributed by atoms with Gasteiger partial charge < -0.3 is 9.84 Å². The molecular weight excluding hydrogens is 474 g/mol. The van der Waals surface area contributed by atoms with Gasteiger partial charge in [-0.2, -0.15) is 0 Å². The van der Waals surface area contributed by atoms with E-state index < -0.39 is 17.4 Å². The van der Waals surface area contributed by atoms with E-state index in [2.05, 4.69) is 11.0 Å². The van der Waals surface area contributed by atoms with Gasteiger partial charge in [0, 0.05) is 39.0 Å². The van der Waals surface area contributed by atoms with Crippen molar-refractivity contribution in [3.63, 3.8) is 0 Å². The Morgan fingerprint density at radius 3 is 2.03 bits per heavy atom. The van der Waals surface area contributed by atoms with Crippen molar-refractivity contribution < 1.29 is 23.4 Å². The van der Waals surface area contributed by atoms with Gasteiger partial charge in [-0.05, 0) is 54.3 Å². The summed E-state index contributed by atoms with van der Waals surface area (Å²) >= 11 is 0. The third-order valence-electron chi connectivity index (χ3n) is 7.15. The maximum Gasteiger partial charge on any atom is 0.412 e. The summed E-state index contributed by atoms with van der Waals surface area (Å²) < 4.78 is 32.7. The summed E-state index contributed by atoms with van der Waals surface area (Å²) in [6, 6.07) is 12.5. The van der Waals surface area contributed by atoms with Crippen LogP contribution in [0.4, 0.5) is 13.6 Å². The minimum absolute atomic E-state index is 0. The fraction of sp³-hybridized carbons (Fsp3) is 0.444. The maximum absolute atomic E-state index is 13.5. The molecule has 4 rings (SSSR count). The standard InChI is InChI=1S/C27H32F2N2O3.ClH/c1-3-4-16-31-25(32)34-27(26(31,2)33)14-18-30(19-15-27)17-13-24(20-5-9-22(28)10-6-20)21-7-11-23(29)12-8-21;/h5-13,33H,3-4,14-19H2,1-2H3;1H. The molecule has 0 aliphatic carbocycles. The van der Waals surface area contributed by atoms with Gasteiger partial charge in [-0.3, -0.25) is 9.80 Å². The molecule has 8 heteroatoms. The Labute approximate surface area is 211 Å². The van der Waals surface area contributed by atoms with Gasteiger partial charge in [0.15, 0.2) is 11.3 Å². The summed E-state index contributed by atoms with van der Waals surface area (Å²) in [6.07, 6.45) is 4.42. The molecule has 2 aliphatic rings. The van der Waals surface area contributed by atoms with Gasteiger partial charge in [0.05, 0.1) is 0 Å². The van der Waals surface area contributed by atoms with E-state index in [1.807, 2.05) is 6.92 Å². The van der Waals surface area contributed by atoms with Crippen molar-refractivity contribution in [2.45, 2.75) is 50.9 Å². The van der Waals surface area contributed by atoms with E-state index in [0.717, 1.165) is 29.5 Å². The van der Waals surface area contributed by atoms with Crippen LogP contribution in [0, 0.1) is 11.6 Å². The number of rotatable bonds is 7. The first-order valence-electron chi connectivity index (χ1n) is 11.9. The number of piperidine rings is 1. The van der Waals surface area contributed by atoms with Gasteiger partial charge in [0.1, 0.15) is 11.6 Å². The largest absolute Gasteiger partial charge is 0.437 e. The number of halogens is 3. The lowest BCUT2D eigenvalue weighted by molar-refractivity contribution is -0.164. The number of carbonyl (C=O) groups is 1. The predicted molar refractivity (Wildman–Crippen MR) is 134 cm³/mol. The van der Waals surface area contributed by atoms with Crippen LogP contribution in [0.2, 0.25) is 0 Å². The highest BCUT2D eigenvalue weighted by Crippen LogP contribution is 2.44. The molecule has 0 saturated carbocycles. The zero-order valence-corrected chi connectivity index (χ0v) is 21.0. The quantitative estimate of drug-likeness (QED) is 0.530. The second-order valence-corrected chi connectivity index (χ2v) is 9.32. The van der Waals surface area contributed by atoms with Crippen molar-refractivity contribution in [1.29, 1.82) is 0 Å². The van der Waals surface area contributed by atoms with E-state index in [-0.39, 0.29) is 24.0 Å². The van der Waals surface area contributed by atoms with E-state index in [1.54, 1.807) is 31.2 Å². The van der Waals surface area contributed by atoms with Crippen LogP contribution >= 0.6 is 12.4 Å². The Morgan fingerprint density at radius 2 is 1.54 bits per heavy atom. The second kappa shape index (κ2) is 11.1. The molecule has 2 aromatic rings. The van der Waals surface area contributed by atoms with Crippen molar-refractivity contribution in [3.05, 3.63) is 77.4 Å². The van der Waals surface area contributed by atoms with Crippen molar-refractivity contribution in [1.82, 2.24) is 9.80 Å². The first-order chi connectivity index (χ1) is 16.3. The second-order valence-electron chi connectivity index (χ2n) is 9.32. The van der Waals surface area contributed by atoms with Gasteiger partial charge >= 0.3 is 6.09 Å². The number of benzene rings is 2. The number of aliphatic hydroxyl groups is 1. The molecule has 1 amide bonds. The Morgan fingerprint density at radius 1 is 1.03 bits per heavy atom. The summed E-state index contributed by atoms with van der Waals surface area (Å²) in [5, 5.41) is 11.3. The van der Waals surface area contributed by atoms with E-state index in [9.17, 15) is 18.7 Å². The molecule has 190 valence electrons. The molecule has 0 aromatic heterocycles. The number of carbonyl (C=O) groups excluding carboxylic acids is 1. The number of likely N-dealkylation sites (tertiary alicyclic amines) is 1. The summed E-state index contributed by atoms with van der Waals surface area (Å²) in [5.74, 6) is -0.621. The van der Waals surface area contributed by atoms with Crippen LogP contribution in [-0.4, -0.2) is 58.5 Å². The average Bonchev–Trinajstić information content (AvgIpc) is 3.00. The number of amides is 1. The van der Waals surface area contributed by atoms with Crippen molar-refractivity contribution in [2.24, 2.45) is 0 Å². The number of hydrogen-bond donors (Lipinski definition) is 1. The molecule has 2 aliphatic heterocycles. The molecule has 2 heterocycles. The fourth-order valence-corrected chi connectivity index (χ4v) is 4.92. The first kappa shape index (κ1) is 27.1. The molecule has 0 radical (unpaired) electrons. The van der Waals surface area contributed by atoms with Crippen LogP contribution < -0.4 is 0 Å². The number of hydrogen-bond acceptors (Lipinski definition) is 4. The monoisotopic (exact) mass is 506 g/mol. The average molecular weight is 507 g/mol. The minimum Gasteiger partial charge on any atom is -0.437 e. The lowest BCUT2D eigenvalue weighted by Crippen LogP contribution is -2.60. The van der Waals surface area contributed by atoms with Crippen LogP contribution in [0.3, 0.4) is 0 Å². The van der Waals surface area contributed by atoms with Crippen LogP contribution in [0.1, 0.15) is 50.7 Å². The fourth-order valence-electron chi connectivity index (χ4n) is 4.92. The topological polar surface area (TPSA) is 53.0 Å². The highest BCUT2D eigenvalue weighted by molar-refractivity contribution is 5.85. The number of ether oxygens (including phenoxy) is 1. The van der Waals surface area contributed by atoms with Gasteiger partial charge in [-0.15, -0.1) is 12.4 Å². The maximum atomic E-state index is 13.5. The van der Waals surface area contributed by atoms with Crippen LogP contribution in [0.5, 0.6) is 0 Å². The highest BCUT2D eigenvalue weighted by atomic mass is 35.5. The first-order valence-corrected chi connectivity index (χ1v) is 11.9. The Kier molecular flexibility index (Phi) is 8.57. The van der Waals surface area contributed by atoms with E-state index >= 15 is 0 Å². The van der Waals surface area contributed by atoms with Gasteiger partial charge in [0.25, 0.3) is 0 Å². The lowest BCUT2D eigenvalue weighted by Gasteiger charge is -2.44. The Balaban J connectivity index is 0.00000342. The molecule has 2 fully saturated rings. The lowest BCUT2D eigenvalue weighted by atomic mass is 9.82. The van der Waals surface area contributed by atoms with Crippen molar-refractivity contribution >= 4 is 24.1 Å². The summed E-state index contributed by atoms with van der Waals surface area (Å²) in [5.41, 5.74) is 0.343. The van der Waals surface area contributed by atoms with Crippen molar-refractivity contribution in [2.75, 3.05) is 26.2 Å². The Hall–Kier alpha value is -2.48. The zero-order valence-electron chi connectivity index (χ0n) is 20.2. The molecule has 0 bridgehead atoms. The SMILES string of the molecule is CCCCN1C(=O)OC2(CCN(CC=C(c3ccc(F)cc3)c3ccc(F)cc3)CC2)C1(C)O.Cl. The van der Waals surface area contributed by atoms with E-state index in [4.69, 9.17) is 4.74 Å². The summed E-state index contributed by atoms with van der Waals surface area (Å²) in [4.78, 5) is 16.2. The van der Waals surface area contributed by atoms with Crippen molar-refractivity contribution in [3.8, 4) is 0 Å². The summed E-state index contributed by atoms with van der Waals surface area (Å²) in [7, 11) is 0. The highest BCUT2D eigenvalue weighted by Gasteiger charge is 2.62. The molecule has 2 aromatic carbocycles. The van der Waals surface area contributed by atoms with Gasteiger partial charge in [0.2, 0.25) is 0 Å². The van der Waals surface area contributed by atoms with Gasteiger partial charge in [-0.1, -0.05) is 43.7 Å². The summed E-state index contributed by atoms with van der Waals surface area (Å²) in [6.45, 7) is 6.14. The van der Waals surface area contributed by atoms with E-state index in [1.165, 1.54) is 29.2 Å². The van der Waals surface area contributed by atoms with Gasteiger partial charge in [-0.25, -0.2) is 13.6 Å².